The minimum atomic E-state index is 1.04. The van der Waals surface area contributed by atoms with Crippen LogP contribution in [-0.2, 0) is 6.42 Å². The molecule has 0 aliphatic rings. The molecule has 0 fully saturated rings. The summed E-state index contributed by atoms with van der Waals surface area (Å²) in [7, 11) is 0. The van der Waals surface area contributed by atoms with Gasteiger partial charge in [0.25, 0.3) is 0 Å². The van der Waals surface area contributed by atoms with Crippen molar-refractivity contribution in [1.29, 1.82) is 0 Å². The van der Waals surface area contributed by atoms with Crippen LogP contribution in [0.4, 0.5) is 0 Å². The smallest absolute Gasteiger partial charge is 0.0935 e. The highest BCUT2D eigenvalue weighted by atomic mass is 32.2. The lowest BCUT2D eigenvalue weighted by Gasteiger charge is -1.93. The molecule has 3 heteroatoms. The summed E-state index contributed by atoms with van der Waals surface area (Å²) in [6.07, 6.45) is 3.14. The lowest BCUT2D eigenvalue weighted by atomic mass is 10.3. The molecule has 0 spiro atoms. The number of hydrogen-bond acceptors (Lipinski definition) is 3. The van der Waals surface area contributed by atoms with Crippen molar-refractivity contribution in [2.24, 2.45) is 0 Å². The molecule has 13 heavy (non-hydrogen) atoms. The molecule has 1 aromatic carbocycles. The van der Waals surface area contributed by atoms with Crippen molar-refractivity contribution in [3.05, 3.63) is 23.2 Å². The SMILES string of the molecule is CCc1nc2ccc(SC)cc2s1. The third-order valence-corrected chi connectivity index (χ3v) is 3.83. The second kappa shape index (κ2) is 3.68. The number of benzene rings is 1. The lowest BCUT2D eigenvalue weighted by Crippen LogP contribution is -1.74. The normalized spacial score (nSPS) is 10.9. The Morgan fingerprint density at radius 3 is 3.00 bits per heavy atom. The first kappa shape index (κ1) is 9.03. The Balaban J connectivity index is 2.57. The molecule has 0 N–H and O–H groups in total. The van der Waals surface area contributed by atoms with Crippen LogP contribution >= 0.6 is 23.1 Å². The number of thioether (sulfide) groups is 1. The van der Waals surface area contributed by atoms with Crippen LogP contribution in [0, 0.1) is 0 Å². The van der Waals surface area contributed by atoms with Crippen molar-refractivity contribution in [2.45, 2.75) is 18.2 Å². The van der Waals surface area contributed by atoms with Gasteiger partial charge in [-0.05, 0) is 30.9 Å². The molecule has 0 amide bonds. The van der Waals surface area contributed by atoms with E-state index in [-0.39, 0.29) is 0 Å². The molecule has 0 radical (unpaired) electrons. The van der Waals surface area contributed by atoms with E-state index in [1.807, 2.05) is 0 Å². The van der Waals surface area contributed by atoms with Crippen LogP contribution in [0.5, 0.6) is 0 Å². The van der Waals surface area contributed by atoms with Crippen molar-refractivity contribution in [3.8, 4) is 0 Å². The molecule has 2 aromatic rings. The van der Waals surface area contributed by atoms with E-state index in [0.717, 1.165) is 11.9 Å². The standard InChI is InChI=1S/C10H11NS2/c1-3-10-11-8-5-4-7(12-2)6-9(8)13-10/h4-6H,3H2,1-2H3. The van der Waals surface area contributed by atoms with E-state index < -0.39 is 0 Å². The van der Waals surface area contributed by atoms with Gasteiger partial charge >= 0.3 is 0 Å². The van der Waals surface area contributed by atoms with Crippen LogP contribution in [0.1, 0.15) is 11.9 Å². The van der Waals surface area contributed by atoms with Gasteiger partial charge in [-0.1, -0.05) is 6.92 Å². The highest BCUT2D eigenvalue weighted by Gasteiger charge is 2.02. The monoisotopic (exact) mass is 209 g/mol. The van der Waals surface area contributed by atoms with Crippen molar-refractivity contribution in [2.75, 3.05) is 6.26 Å². The molecule has 0 aliphatic carbocycles. The highest BCUT2D eigenvalue weighted by molar-refractivity contribution is 7.98. The maximum Gasteiger partial charge on any atom is 0.0935 e. The average molecular weight is 209 g/mol. The number of rotatable bonds is 2. The predicted octanol–water partition coefficient (Wildman–Crippen LogP) is 3.58. The first-order chi connectivity index (χ1) is 6.33. The molecule has 0 unspecified atom stereocenters. The summed E-state index contributed by atoms with van der Waals surface area (Å²) >= 11 is 3.58. The van der Waals surface area contributed by atoms with E-state index in [0.29, 0.717) is 0 Å². The maximum absolute atomic E-state index is 4.52. The van der Waals surface area contributed by atoms with Gasteiger partial charge in [-0.3, -0.25) is 0 Å². The molecule has 0 saturated carbocycles. The van der Waals surface area contributed by atoms with Gasteiger partial charge in [0.2, 0.25) is 0 Å². The number of hydrogen-bond donors (Lipinski definition) is 0. The summed E-state index contributed by atoms with van der Waals surface area (Å²) in [4.78, 5) is 5.83. The third-order valence-electron chi connectivity index (χ3n) is 1.94. The van der Waals surface area contributed by atoms with Gasteiger partial charge in [-0.15, -0.1) is 23.1 Å². The molecule has 1 nitrogen and oxygen atoms in total. The van der Waals surface area contributed by atoms with E-state index in [4.69, 9.17) is 0 Å². The van der Waals surface area contributed by atoms with E-state index >= 15 is 0 Å². The summed E-state index contributed by atoms with van der Waals surface area (Å²) in [5, 5.41) is 1.23. The number of nitrogens with zero attached hydrogens (tertiary/aromatic N) is 1. The van der Waals surface area contributed by atoms with Crippen LogP contribution in [0.25, 0.3) is 10.2 Å². The topological polar surface area (TPSA) is 12.9 Å². The minimum absolute atomic E-state index is 1.04. The van der Waals surface area contributed by atoms with Crippen LogP contribution in [-0.4, -0.2) is 11.2 Å². The lowest BCUT2D eigenvalue weighted by molar-refractivity contribution is 1.11. The van der Waals surface area contributed by atoms with Crippen LogP contribution < -0.4 is 0 Å². The molecule has 1 heterocycles. The largest absolute Gasteiger partial charge is 0.241 e. The Morgan fingerprint density at radius 2 is 2.31 bits per heavy atom. The summed E-state index contributed by atoms with van der Waals surface area (Å²) in [6.45, 7) is 2.15. The number of thiazole rings is 1. The molecule has 0 bridgehead atoms. The zero-order valence-corrected chi connectivity index (χ0v) is 9.34. The second-order valence-electron chi connectivity index (χ2n) is 2.79. The molecular formula is C10H11NS2. The molecule has 0 aliphatic heterocycles. The zero-order valence-electron chi connectivity index (χ0n) is 7.70. The Hall–Kier alpha value is -0.540. The molecule has 2 rings (SSSR count). The van der Waals surface area contributed by atoms with E-state index in [1.54, 1.807) is 23.1 Å². The number of aryl methyl sites for hydroxylation is 1. The Labute approximate surface area is 86.2 Å². The van der Waals surface area contributed by atoms with E-state index in [2.05, 4.69) is 36.4 Å². The van der Waals surface area contributed by atoms with Crippen LogP contribution in [0.3, 0.4) is 0 Å². The van der Waals surface area contributed by atoms with Crippen molar-refractivity contribution in [1.82, 2.24) is 4.98 Å². The number of fused-ring (bicyclic) bond motifs is 1. The fourth-order valence-electron chi connectivity index (χ4n) is 1.23. The summed E-state index contributed by atoms with van der Waals surface area (Å²) in [6, 6.07) is 6.46. The van der Waals surface area contributed by atoms with Gasteiger partial charge in [-0.25, -0.2) is 4.98 Å². The summed E-state index contributed by atoms with van der Waals surface area (Å²) in [5.74, 6) is 0. The first-order valence-electron chi connectivity index (χ1n) is 4.27. The molecule has 0 atom stereocenters. The van der Waals surface area contributed by atoms with Gasteiger partial charge in [0.15, 0.2) is 0 Å². The van der Waals surface area contributed by atoms with Crippen molar-refractivity contribution >= 4 is 33.3 Å². The number of aromatic nitrogens is 1. The average Bonchev–Trinajstić information content (AvgIpc) is 2.58. The van der Waals surface area contributed by atoms with Gasteiger partial charge in [-0.2, -0.15) is 0 Å². The molecule has 68 valence electrons. The van der Waals surface area contributed by atoms with Crippen LogP contribution in [0.2, 0.25) is 0 Å². The molecule has 0 saturated heterocycles. The Morgan fingerprint density at radius 1 is 1.46 bits per heavy atom. The molecule has 1 aromatic heterocycles. The summed E-state index contributed by atoms with van der Waals surface area (Å²) in [5.41, 5.74) is 1.14. The van der Waals surface area contributed by atoms with E-state index in [9.17, 15) is 0 Å². The first-order valence-corrected chi connectivity index (χ1v) is 6.31. The van der Waals surface area contributed by atoms with Crippen molar-refractivity contribution < 1.29 is 0 Å². The Kier molecular flexibility index (Phi) is 2.56. The van der Waals surface area contributed by atoms with Crippen LogP contribution in [0.15, 0.2) is 23.1 Å². The van der Waals surface area contributed by atoms with Gasteiger partial charge < -0.3 is 0 Å². The maximum atomic E-state index is 4.52. The second-order valence-corrected chi connectivity index (χ2v) is 4.79. The van der Waals surface area contributed by atoms with Gasteiger partial charge in [0, 0.05) is 4.90 Å². The van der Waals surface area contributed by atoms with Gasteiger partial charge in [0.05, 0.1) is 15.2 Å². The summed E-state index contributed by atoms with van der Waals surface area (Å²) < 4.78 is 1.31. The zero-order chi connectivity index (χ0) is 9.26. The van der Waals surface area contributed by atoms with E-state index in [1.165, 1.54) is 14.6 Å². The van der Waals surface area contributed by atoms with Gasteiger partial charge in [0.1, 0.15) is 0 Å². The third kappa shape index (κ3) is 1.71. The fourth-order valence-corrected chi connectivity index (χ4v) is 2.69. The van der Waals surface area contributed by atoms with Crippen molar-refractivity contribution in [3.63, 3.8) is 0 Å². The Bertz CT molecular complexity index is 418. The minimum Gasteiger partial charge on any atom is -0.241 e. The fraction of sp³-hybridized carbons (Fsp3) is 0.300. The highest BCUT2D eigenvalue weighted by Crippen LogP contribution is 2.26. The quantitative estimate of drug-likeness (QED) is 0.701. The molecular weight excluding hydrogens is 198 g/mol. The predicted molar refractivity (Wildman–Crippen MR) is 60.8 cm³/mol.